The Morgan fingerprint density at radius 1 is 1.17 bits per heavy atom. The van der Waals surface area contributed by atoms with Gasteiger partial charge in [0.1, 0.15) is 0 Å². The SMILES string of the molecule is [CH2]c1ccc(C(C)(C)C=C)cc1. The van der Waals surface area contributed by atoms with Crippen LogP contribution < -0.4 is 0 Å². The Bertz CT molecular complexity index is 265. The molecule has 1 rings (SSSR count). The number of allylic oxidation sites excluding steroid dienone is 1. The molecule has 0 N–H and O–H groups in total. The molecule has 0 bridgehead atoms. The highest BCUT2D eigenvalue weighted by Gasteiger charge is 2.14. The molecule has 1 aromatic carbocycles. The molecule has 0 spiro atoms. The summed E-state index contributed by atoms with van der Waals surface area (Å²) in [6.07, 6.45) is 1.96. The molecular formula is C12H15. The van der Waals surface area contributed by atoms with Gasteiger partial charge in [-0.1, -0.05) is 44.2 Å². The summed E-state index contributed by atoms with van der Waals surface area (Å²) in [6, 6.07) is 8.26. The fourth-order valence-electron chi connectivity index (χ4n) is 1.05. The third kappa shape index (κ3) is 1.76. The smallest absolute Gasteiger partial charge is 0.00726 e. The fraction of sp³-hybridized carbons (Fsp3) is 0.250. The monoisotopic (exact) mass is 159 g/mol. The van der Waals surface area contributed by atoms with Crippen molar-refractivity contribution in [3.8, 4) is 0 Å². The van der Waals surface area contributed by atoms with Crippen LogP contribution in [-0.4, -0.2) is 0 Å². The van der Waals surface area contributed by atoms with Crippen LogP contribution in [0.15, 0.2) is 36.9 Å². The van der Waals surface area contributed by atoms with Crippen LogP contribution in [0.4, 0.5) is 0 Å². The van der Waals surface area contributed by atoms with Gasteiger partial charge in [-0.25, -0.2) is 0 Å². The van der Waals surface area contributed by atoms with Crippen molar-refractivity contribution in [2.75, 3.05) is 0 Å². The van der Waals surface area contributed by atoms with E-state index in [0.29, 0.717) is 0 Å². The first-order valence-electron chi connectivity index (χ1n) is 4.12. The molecule has 0 amide bonds. The van der Waals surface area contributed by atoms with E-state index in [1.54, 1.807) is 0 Å². The predicted octanol–water partition coefficient (Wildman–Crippen LogP) is 3.33. The lowest BCUT2D eigenvalue weighted by atomic mass is 9.85. The molecule has 0 heteroatoms. The maximum Gasteiger partial charge on any atom is 0.00726 e. The van der Waals surface area contributed by atoms with Gasteiger partial charge in [0.05, 0.1) is 0 Å². The zero-order valence-corrected chi connectivity index (χ0v) is 7.80. The molecule has 0 saturated carbocycles. The maximum absolute atomic E-state index is 3.84. The van der Waals surface area contributed by atoms with Gasteiger partial charge in [0.2, 0.25) is 0 Å². The van der Waals surface area contributed by atoms with Crippen molar-refractivity contribution in [3.05, 3.63) is 55.0 Å². The van der Waals surface area contributed by atoms with E-state index in [9.17, 15) is 0 Å². The van der Waals surface area contributed by atoms with E-state index in [1.807, 2.05) is 18.2 Å². The van der Waals surface area contributed by atoms with Crippen molar-refractivity contribution >= 4 is 0 Å². The number of rotatable bonds is 2. The standard InChI is InChI=1S/C12H15/c1-5-12(3,4)11-8-6-10(2)7-9-11/h5-9H,1-2H2,3-4H3. The fourth-order valence-corrected chi connectivity index (χ4v) is 1.05. The van der Waals surface area contributed by atoms with Crippen LogP contribution in [0.3, 0.4) is 0 Å². The van der Waals surface area contributed by atoms with Crippen molar-refractivity contribution in [1.82, 2.24) is 0 Å². The van der Waals surface area contributed by atoms with Crippen LogP contribution >= 0.6 is 0 Å². The average molecular weight is 159 g/mol. The minimum absolute atomic E-state index is 0.0632. The van der Waals surface area contributed by atoms with Gasteiger partial charge in [0.25, 0.3) is 0 Å². The summed E-state index contributed by atoms with van der Waals surface area (Å²) in [5.74, 6) is 0. The highest BCUT2D eigenvalue weighted by atomic mass is 14.2. The Morgan fingerprint density at radius 3 is 2.08 bits per heavy atom. The van der Waals surface area contributed by atoms with Crippen LogP contribution in [0, 0.1) is 6.92 Å². The van der Waals surface area contributed by atoms with Gasteiger partial charge in [0.15, 0.2) is 0 Å². The Kier molecular flexibility index (Phi) is 2.37. The quantitative estimate of drug-likeness (QED) is 0.581. The lowest BCUT2D eigenvalue weighted by Gasteiger charge is -2.20. The summed E-state index contributed by atoms with van der Waals surface area (Å²) in [6.45, 7) is 12.0. The van der Waals surface area contributed by atoms with E-state index in [2.05, 4.69) is 39.5 Å². The van der Waals surface area contributed by atoms with Crippen molar-refractivity contribution in [2.45, 2.75) is 19.3 Å². The molecule has 0 saturated heterocycles. The second-order valence-electron chi connectivity index (χ2n) is 3.62. The molecule has 0 atom stereocenters. The molecular weight excluding hydrogens is 144 g/mol. The number of hydrogen-bond donors (Lipinski definition) is 0. The molecule has 0 unspecified atom stereocenters. The Morgan fingerprint density at radius 2 is 1.67 bits per heavy atom. The van der Waals surface area contributed by atoms with Crippen LogP contribution in [0.5, 0.6) is 0 Å². The summed E-state index contributed by atoms with van der Waals surface area (Å²) >= 11 is 0. The van der Waals surface area contributed by atoms with Crippen LogP contribution in [0.2, 0.25) is 0 Å². The van der Waals surface area contributed by atoms with E-state index in [0.717, 1.165) is 5.56 Å². The Balaban J connectivity index is 3.04. The van der Waals surface area contributed by atoms with Gasteiger partial charge in [0, 0.05) is 5.41 Å². The summed E-state index contributed by atoms with van der Waals surface area (Å²) < 4.78 is 0. The van der Waals surface area contributed by atoms with Crippen LogP contribution in [0.1, 0.15) is 25.0 Å². The van der Waals surface area contributed by atoms with E-state index < -0.39 is 0 Å². The molecule has 1 aromatic rings. The molecule has 63 valence electrons. The van der Waals surface area contributed by atoms with Gasteiger partial charge >= 0.3 is 0 Å². The minimum atomic E-state index is 0.0632. The number of benzene rings is 1. The largest absolute Gasteiger partial charge is 0.102 e. The summed E-state index contributed by atoms with van der Waals surface area (Å²) in [4.78, 5) is 0. The predicted molar refractivity (Wildman–Crippen MR) is 54.1 cm³/mol. The van der Waals surface area contributed by atoms with E-state index in [4.69, 9.17) is 0 Å². The first kappa shape index (κ1) is 9.05. The van der Waals surface area contributed by atoms with Crippen molar-refractivity contribution in [3.63, 3.8) is 0 Å². The normalized spacial score (nSPS) is 11.2. The second kappa shape index (κ2) is 3.14. The van der Waals surface area contributed by atoms with Crippen molar-refractivity contribution < 1.29 is 0 Å². The third-order valence-corrected chi connectivity index (χ3v) is 2.21. The average Bonchev–Trinajstić information content (AvgIpc) is 2.05. The number of hydrogen-bond acceptors (Lipinski definition) is 0. The Hall–Kier alpha value is -1.04. The third-order valence-electron chi connectivity index (χ3n) is 2.21. The maximum atomic E-state index is 3.84. The second-order valence-corrected chi connectivity index (χ2v) is 3.62. The molecule has 0 aliphatic heterocycles. The van der Waals surface area contributed by atoms with Crippen LogP contribution in [-0.2, 0) is 5.41 Å². The van der Waals surface area contributed by atoms with Gasteiger partial charge in [-0.2, -0.15) is 0 Å². The zero-order chi connectivity index (χ0) is 9.19. The molecule has 12 heavy (non-hydrogen) atoms. The first-order valence-corrected chi connectivity index (χ1v) is 4.12. The first-order chi connectivity index (χ1) is 5.56. The molecule has 0 fully saturated rings. The lowest BCUT2D eigenvalue weighted by molar-refractivity contribution is 0.672. The molecule has 0 nitrogen and oxygen atoms in total. The van der Waals surface area contributed by atoms with Gasteiger partial charge in [-0.15, -0.1) is 6.58 Å². The zero-order valence-electron chi connectivity index (χ0n) is 7.80. The molecule has 1 radical (unpaired) electrons. The topological polar surface area (TPSA) is 0 Å². The highest BCUT2D eigenvalue weighted by molar-refractivity contribution is 5.32. The molecule has 0 aromatic heterocycles. The van der Waals surface area contributed by atoms with E-state index >= 15 is 0 Å². The van der Waals surface area contributed by atoms with Gasteiger partial charge in [-0.05, 0) is 18.1 Å². The Labute approximate surface area is 74.9 Å². The van der Waals surface area contributed by atoms with Crippen LogP contribution in [0.25, 0.3) is 0 Å². The van der Waals surface area contributed by atoms with Crippen molar-refractivity contribution in [1.29, 1.82) is 0 Å². The molecule has 0 aliphatic rings. The van der Waals surface area contributed by atoms with Gasteiger partial charge < -0.3 is 0 Å². The van der Waals surface area contributed by atoms with Gasteiger partial charge in [-0.3, -0.25) is 0 Å². The summed E-state index contributed by atoms with van der Waals surface area (Å²) in [7, 11) is 0. The van der Waals surface area contributed by atoms with E-state index in [1.165, 1.54) is 5.56 Å². The lowest BCUT2D eigenvalue weighted by Crippen LogP contribution is -2.12. The summed E-state index contributed by atoms with van der Waals surface area (Å²) in [5.41, 5.74) is 2.40. The highest BCUT2D eigenvalue weighted by Crippen LogP contribution is 2.23. The minimum Gasteiger partial charge on any atom is -0.102 e. The summed E-state index contributed by atoms with van der Waals surface area (Å²) in [5, 5.41) is 0. The molecule has 0 heterocycles. The van der Waals surface area contributed by atoms with E-state index in [-0.39, 0.29) is 5.41 Å². The molecule has 0 aliphatic carbocycles. The van der Waals surface area contributed by atoms with Crippen molar-refractivity contribution in [2.24, 2.45) is 0 Å².